The molecule has 2 aromatic carbocycles. The van der Waals surface area contributed by atoms with Crippen molar-refractivity contribution in [1.29, 1.82) is 0 Å². The van der Waals surface area contributed by atoms with Crippen molar-refractivity contribution in [1.82, 2.24) is 19.7 Å². The minimum Gasteiger partial charge on any atom is -0.508 e. The molecule has 8 heteroatoms. The first-order chi connectivity index (χ1) is 16.6. The largest absolute Gasteiger partial charge is 0.508 e. The number of hydrogen-bond donors (Lipinski definition) is 4. The Kier molecular flexibility index (Phi) is 5.53. The van der Waals surface area contributed by atoms with Crippen molar-refractivity contribution in [2.75, 3.05) is 5.32 Å². The monoisotopic (exact) mass is 451 g/mol. The molecule has 0 atom stereocenters. The molecule has 5 rings (SSSR count). The summed E-state index contributed by atoms with van der Waals surface area (Å²) in [7, 11) is 0. The predicted molar refractivity (Wildman–Crippen MR) is 130 cm³/mol. The zero-order chi connectivity index (χ0) is 23.5. The molecule has 0 spiro atoms. The third-order valence-electron chi connectivity index (χ3n) is 5.44. The molecule has 168 valence electrons. The van der Waals surface area contributed by atoms with Crippen LogP contribution in [0, 0.1) is 0 Å². The fourth-order valence-electron chi connectivity index (χ4n) is 3.71. The average Bonchev–Trinajstić information content (AvgIpc) is 3.35. The molecule has 1 amide bonds. The molecular formula is C26H21N5O3. The average molecular weight is 451 g/mol. The Morgan fingerprint density at radius 1 is 1.00 bits per heavy atom. The van der Waals surface area contributed by atoms with Gasteiger partial charge in [-0.2, -0.15) is 0 Å². The second-order valence-electron chi connectivity index (χ2n) is 7.75. The van der Waals surface area contributed by atoms with Gasteiger partial charge in [-0.1, -0.05) is 12.1 Å². The second-order valence-corrected chi connectivity index (χ2v) is 7.75. The molecule has 0 fully saturated rings. The van der Waals surface area contributed by atoms with Crippen LogP contribution in [-0.2, 0) is 6.54 Å². The maximum Gasteiger partial charge on any atom is 0.251 e. The van der Waals surface area contributed by atoms with Crippen molar-refractivity contribution in [2.45, 2.75) is 6.54 Å². The van der Waals surface area contributed by atoms with E-state index in [-0.39, 0.29) is 17.2 Å². The number of H-pyrrole nitrogens is 1. The number of benzene rings is 2. The van der Waals surface area contributed by atoms with Gasteiger partial charge in [-0.15, -0.1) is 0 Å². The highest BCUT2D eigenvalue weighted by molar-refractivity contribution is 5.94. The number of aromatic amines is 1. The number of phenols is 1. The van der Waals surface area contributed by atoms with E-state index in [4.69, 9.17) is 0 Å². The lowest BCUT2D eigenvalue weighted by atomic mass is 10.1. The smallest absolute Gasteiger partial charge is 0.251 e. The summed E-state index contributed by atoms with van der Waals surface area (Å²) >= 11 is 0. The second kappa shape index (κ2) is 8.95. The van der Waals surface area contributed by atoms with Crippen LogP contribution in [0.2, 0.25) is 0 Å². The molecule has 3 aromatic heterocycles. The third kappa shape index (κ3) is 4.37. The van der Waals surface area contributed by atoms with E-state index in [9.17, 15) is 14.7 Å². The van der Waals surface area contributed by atoms with Gasteiger partial charge in [0.25, 0.3) is 5.91 Å². The maximum absolute atomic E-state index is 12.5. The van der Waals surface area contributed by atoms with Gasteiger partial charge in [0.05, 0.1) is 11.4 Å². The highest BCUT2D eigenvalue weighted by Crippen LogP contribution is 2.27. The molecule has 3 heterocycles. The SMILES string of the molecule is O=C(NCc1ccc(O)cc1)c1ccc(Nc2ccc(-c3cc[nH]c(=O)c3)n3ccnc23)cc1. The van der Waals surface area contributed by atoms with Crippen molar-refractivity contribution >= 4 is 22.9 Å². The van der Waals surface area contributed by atoms with Gasteiger partial charge in [0, 0.05) is 48.0 Å². The number of aromatic hydroxyl groups is 1. The number of amides is 1. The molecule has 0 bridgehead atoms. The number of nitrogens with one attached hydrogen (secondary N) is 3. The fraction of sp³-hybridized carbons (Fsp3) is 0.0385. The molecule has 0 aliphatic heterocycles. The number of fused-ring (bicyclic) bond motifs is 1. The van der Waals surface area contributed by atoms with Crippen molar-refractivity contribution in [3.8, 4) is 17.0 Å². The lowest BCUT2D eigenvalue weighted by Gasteiger charge is -2.12. The normalized spacial score (nSPS) is 10.8. The van der Waals surface area contributed by atoms with E-state index in [0.29, 0.717) is 17.8 Å². The topological polar surface area (TPSA) is 112 Å². The summed E-state index contributed by atoms with van der Waals surface area (Å²) in [5, 5.41) is 15.6. The predicted octanol–water partition coefficient (Wildman–Crippen LogP) is 4.07. The summed E-state index contributed by atoms with van der Waals surface area (Å²) in [5.41, 5.74) is 5.24. The van der Waals surface area contributed by atoms with E-state index < -0.39 is 0 Å². The standard InChI is InChI=1S/C26H21N5O3/c32-21-7-1-17(2-8-21)16-29-26(34)18-3-5-20(6-4-18)30-22-9-10-23(31-14-13-28-25(22)31)19-11-12-27-24(33)15-19/h1-15,30,32H,16H2,(H,27,33)(H,29,34). The number of phenolic OH excluding ortho intramolecular Hbond substituents is 1. The van der Waals surface area contributed by atoms with Crippen molar-refractivity contribution < 1.29 is 9.90 Å². The van der Waals surface area contributed by atoms with E-state index in [1.807, 2.05) is 40.9 Å². The number of imidazole rings is 1. The van der Waals surface area contributed by atoms with Gasteiger partial charge in [0.15, 0.2) is 5.65 Å². The Morgan fingerprint density at radius 2 is 1.79 bits per heavy atom. The maximum atomic E-state index is 12.5. The lowest BCUT2D eigenvalue weighted by molar-refractivity contribution is 0.0951. The van der Waals surface area contributed by atoms with Crippen LogP contribution in [0.3, 0.4) is 0 Å². The Balaban J connectivity index is 1.31. The molecule has 0 aliphatic carbocycles. The van der Waals surface area contributed by atoms with Gasteiger partial charge in [0.2, 0.25) is 5.56 Å². The van der Waals surface area contributed by atoms with E-state index in [0.717, 1.165) is 28.2 Å². The van der Waals surface area contributed by atoms with Crippen molar-refractivity contribution in [2.24, 2.45) is 0 Å². The highest BCUT2D eigenvalue weighted by atomic mass is 16.3. The summed E-state index contributed by atoms with van der Waals surface area (Å²) in [6.07, 6.45) is 5.17. The van der Waals surface area contributed by atoms with Crippen LogP contribution in [0.15, 0.2) is 96.2 Å². The van der Waals surface area contributed by atoms with Crippen molar-refractivity contribution in [3.63, 3.8) is 0 Å². The van der Waals surface area contributed by atoms with Crippen LogP contribution in [0.5, 0.6) is 5.75 Å². The Labute approximate surface area is 194 Å². The number of hydrogen-bond acceptors (Lipinski definition) is 5. The molecule has 0 radical (unpaired) electrons. The Hall–Kier alpha value is -4.85. The summed E-state index contributed by atoms with van der Waals surface area (Å²) in [6, 6.07) is 21.1. The third-order valence-corrected chi connectivity index (χ3v) is 5.44. The first-order valence-electron chi connectivity index (χ1n) is 10.7. The number of carbonyl (C=O) groups is 1. The number of pyridine rings is 2. The molecule has 4 N–H and O–H groups in total. The van der Waals surface area contributed by atoms with Crippen LogP contribution >= 0.6 is 0 Å². The van der Waals surface area contributed by atoms with Gasteiger partial charge < -0.3 is 20.7 Å². The van der Waals surface area contributed by atoms with Gasteiger partial charge in [-0.3, -0.25) is 14.0 Å². The Bertz CT molecular complexity index is 1520. The van der Waals surface area contributed by atoms with Crippen LogP contribution in [0.1, 0.15) is 15.9 Å². The highest BCUT2D eigenvalue weighted by Gasteiger charge is 2.10. The fourth-order valence-corrected chi connectivity index (χ4v) is 3.71. The number of anilines is 2. The molecule has 0 unspecified atom stereocenters. The molecule has 0 saturated heterocycles. The number of carbonyl (C=O) groups excluding carboxylic acids is 1. The first kappa shape index (κ1) is 21.0. The minimum absolute atomic E-state index is 0.167. The van der Waals surface area contributed by atoms with Gasteiger partial charge in [-0.05, 0) is 60.2 Å². The first-order valence-corrected chi connectivity index (χ1v) is 10.7. The molecule has 8 nitrogen and oxygen atoms in total. The van der Waals surface area contributed by atoms with Gasteiger partial charge in [0.1, 0.15) is 5.75 Å². The summed E-state index contributed by atoms with van der Waals surface area (Å²) in [6.45, 7) is 0.372. The Morgan fingerprint density at radius 3 is 2.56 bits per heavy atom. The van der Waals surface area contributed by atoms with Gasteiger partial charge >= 0.3 is 0 Å². The number of nitrogens with zero attached hydrogens (tertiary/aromatic N) is 2. The zero-order valence-electron chi connectivity index (χ0n) is 18.0. The molecular weight excluding hydrogens is 430 g/mol. The van der Waals surface area contributed by atoms with E-state index in [2.05, 4.69) is 20.6 Å². The summed E-state index contributed by atoms with van der Waals surface area (Å²) in [5.74, 6) is 0.00761. The van der Waals surface area contributed by atoms with Crippen LogP contribution < -0.4 is 16.2 Å². The summed E-state index contributed by atoms with van der Waals surface area (Å²) < 4.78 is 1.92. The van der Waals surface area contributed by atoms with E-state index in [1.54, 1.807) is 54.9 Å². The number of rotatable bonds is 6. The summed E-state index contributed by atoms with van der Waals surface area (Å²) in [4.78, 5) is 31.3. The number of aromatic nitrogens is 3. The van der Waals surface area contributed by atoms with Crippen LogP contribution in [-0.4, -0.2) is 25.4 Å². The van der Waals surface area contributed by atoms with Gasteiger partial charge in [-0.25, -0.2) is 4.98 Å². The van der Waals surface area contributed by atoms with Crippen LogP contribution in [0.25, 0.3) is 16.9 Å². The minimum atomic E-state index is -0.183. The molecule has 5 aromatic rings. The zero-order valence-corrected chi connectivity index (χ0v) is 18.0. The van der Waals surface area contributed by atoms with E-state index in [1.165, 1.54) is 0 Å². The van der Waals surface area contributed by atoms with Crippen LogP contribution in [0.4, 0.5) is 11.4 Å². The van der Waals surface area contributed by atoms with Crippen molar-refractivity contribution in [3.05, 3.63) is 113 Å². The van der Waals surface area contributed by atoms with E-state index >= 15 is 0 Å². The lowest BCUT2D eigenvalue weighted by Crippen LogP contribution is -2.22. The quantitative estimate of drug-likeness (QED) is 0.311. The molecule has 0 aliphatic rings. The molecule has 34 heavy (non-hydrogen) atoms. The molecule has 0 saturated carbocycles.